The van der Waals surface area contributed by atoms with Crippen molar-refractivity contribution in [3.05, 3.63) is 89.0 Å². The molecular weight excluding hydrogens is 374 g/mol. The maximum Gasteiger partial charge on any atom is 0.251 e. The third-order valence-corrected chi connectivity index (χ3v) is 4.52. The van der Waals surface area contributed by atoms with Gasteiger partial charge in [-0.3, -0.25) is 9.89 Å². The monoisotopic (exact) mass is 388 g/mol. The van der Waals surface area contributed by atoms with Gasteiger partial charge in [0.2, 0.25) is 0 Å². The average molecular weight is 388 g/mol. The van der Waals surface area contributed by atoms with Gasteiger partial charge in [0.05, 0.1) is 17.1 Å². The van der Waals surface area contributed by atoms with Crippen LogP contribution in [0.3, 0.4) is 0 Å². The Labute approximate surface area is 164 Å². The Balaban J connectivity index is 1.62. The van der Waals surface area contributed by atoms with Crippen molar-refractivity contribution in [3.63, 3.8) is 0 Å². The van der Waals surface area contributed by atoms with Crippen molar-refractivity contribution in [2.45, 2.75) is 6.54 Å². The number of amides is 1. The molecule has 2 N–H and O–H groups in total. The van der Waals surface area contributed by atoms with Gasteiger partial charge in [0, 0.05) is 28.6 Å². The van der Waals surface area contributed by atoms with E-state index in [1.165, 1.54) is 24.3 Å². The van der Waals surface area contributed by atoms with Gasteiger partial charge in [-0.05, 0) is 42.5 Å². The molecule has 1 amide bonds. The zero-order chi connectivity index (χ0) is 20.4. The first kappa shape index (κ1) is 18.3. The van der Waals surface area contributed by atoms with E-state index in [1.54, 1.807) is 36.4 Å². The molecule has 0 radical (unpaired) electrons. The zero-order valence-corrected chi connectivity index (χ0v) is 15.0. The van der Waals surface area contributed by atoms with Crippen molar-refractivity contribution in [2.24, 2.45) is 0 Å². The summed E-state index contributed by atoms with van der Waals surface area (Å²) in [5.41, 5.74) is 2.47. The van der Waals surface area contributed by atoms with Crippen molar-refractivity contribution in [3.8, 4) is 17.3 Å². The summed E-state index contributed by atoms with van der Waals surface area (Å²) in [6, 6.07) is 17.1. The number of fused-ring (bicyclic) bond motifs is 1. The van der Waals surface area contributed by atoms with Gasteiger partial charge in [0.15, 0.2) is 0 Å². The normalized spacial score (nSPS) is 10.7. The summed E-state index contributed by atoms with van der Waals surface area (Å²) in [5, 5.41) is 19.1. The van der Waals surface area contributed by atoms with Crippen molar-refractivity contribution in [2.75, 3.05) is 0 Å². The molecule has 1 aromatic heterocycles. The van der Waals surface area contributed by atoms with Crippen LogP contribution in [0.15, 0.2) is 60.7 Å². The molecule has 0 aliphatic rings. The number of rotatable bonds is 4. The molecule has 0 spiro atoms. The molecule has 0 atom stereocenters. The van der Waals surface area contributed by atoms with Gasteiger partial charge in [0.1, 0.15) is 17.3 Å². The molecule has 0 bridgehead atoms. The third kappa shape index (κ3) is 3.69. The Bertz CT molecular complexity index is 1270. The first-order chi connectivity index (χ1) is 14.0. The number of aromatic nitrogens is 2. The smallest absolute Gasteiger partial charge is 0.251 e. The fourth-order valence-corrected chi connectivity index (χ4v) is 3.08. The van der Waals surface area contributed by atoms with Crippen LogP contribution < -0.4 is 5.32 Å². The van der Waals surface area contributed by atoms with Gasteiger partial charge in [-0.1, -0.05) is 18.2 Å². The second kappa shape index (κ2) is 7.52. The topological polar surface area (TPSA) is 81.6 Å². The van der Waals surface area contributed by atoms with Crippen LogP contribution in [0.1, 0.15) is 21.5 Å². The van der Waals surface area contributed by atoms with Gasteiger partial charge in [-0.15, -0.1) is 0 Å². The minimum Gasteiger partial charge on any atom is -0.348 e. The van der Waals surface area contributed by atoms with Crippen LogP contribution in [0, 0.1) is 23.0 Å². The molecular formula is C22H14F2N4O. The predicted molar refractivity (Wildman–Crippen MR) is 104 cm³/mol. The lowest BCUT2D eigenvalue weighted by Crippen LogP contribution is -2.23. The van der Waals surface area contributed by atoms with Crippen molar-refractivity contribution < 1.29 is 13.6 Å². The summed E-state index contributed by atoms with van der Waals surface area (Å²) >= 11 is 0. The average Bonchev–Trinajstić information content (AvgIpc) is 3.14. The number of hydrogen-bond acceptors (Lipinski definition) is 3. The number of nitrogens with zero attached hydrogens (tertiary/aromatic N) is 2. The lowest BCUT2D eigenvalue weighted by Gasteiger charge is -2.08. The molecule has 0 aliphatic carbocycles. The third-order valence-electron chi connectivity index (χ3n) is 4.52. The van der Waals surface area contributed by atoms with Crippen LogP contribution in [0.4, 0.5) is 8.78 Å². The largest absolute Gasteiger partial charge is 0.348 e. The molecule has 0 unspecified atom stereocenters. The predicted octanol–water partition coefficient (Wildman–Crippen LogP) is 4.31. The lowest BCUT2D eigenvalue weighted by atomic mass is 10.0. The number of carbonyl (C=O) groups excluding carboxylic acids is 1. The quantitative estimate of drug-likeness (QED) is 0.547. The Morgan fingerprint density at radius 2 is 1.93 bits per heavy atom. The van der Waals surface area contributed by atoms with Crippen LogP contribution in [0.5, 0.6) is 0 Å². The minimum absolute atomic E-state index is 0.0504. The van der Waals surface area contributed by atoms with Crippen LogP contribution >= 0.6 is 0 Å². The van der Waals surface area contributed by atoms with Gasteiger partial charge in [-0.2, -0.15) is 10.4 Å². The first-order valence-electron chi connectivity index (χ1n) is 8.76. The summed E-state index contributed by atoms with van der Waals surface area (Å²) in [7, 11) is 0. The number of nitriles is 1. The first-order valence-corrected chi connectivity index (χ1v) is 8.76. The molecule has 0 saturated carbocycles. The molecule has 0 fully saturated rings. The lowest BCUT2D eigenvalue weighted by molar-refractivity contribution is 0.0950. The summed E-state index contributed by atoms with van der Waals surface area (Å²) in [5.74, 6) is -1.31. The van der Waals surface area contributed by atoms with E-state index in [4.69, 9.17) is 5.26 Å². The molecule has 142 valence electrons. The van der Waals surface area contributed by atoms with Gasteiger partial charge >= 0.3 is 0 Å². The Morgan fingerprint density at radius 3 is 2.72 bits per heavy atom. The van der Waals surface area contributed by atoms with Gasteiger partial charge in [0.25, 0.3) is 5.91 Å². The van der Waals surface area contributed by atoms with E-state index in [-0.39, 0.29) is 12.1 Å². The fraction of sp³-hybridized carbons (Fsp3) is 0.0455. The van der Waals surface area contributed by atoms with Gasteiger partial charge < -0.3 is 5.32 Å². The molecule has 1 heterocycles. The van der Waals surface area contributed by atoms with E-state index in [2.05, 4.69) is 15.5 Å². The maximum absolute atomic E-state index is 14.5. The summed E-state index contributed by atoms with van der Waals surface area (Å²) < 4.78 is 28.0. The summed E-state index contributed by atoms with van der Waals surface area (Å²) in [6.07, 6.45) is 0. The summed E-state index contributed by atoms with van der Waals surface area (Å²) in [4.78, 5) is 12.3. The highest BCUT2D eigenvalue weighted by Crippen LogP contribution is 2.28. The van der Waals surface area contributed by atoms with Crippen molar-refractivity contribution in [1.29, 1.82) is 5.26 Å². The number of aromatic amines is 1. The van der Waals surface area contributed by atoms with Crippen LogP contribution in [0.2, 0.25) is 0 Å². The number of nitrogens with one attached hydrogen (secondary N) is 2. The second-order valence-corrected chi connectivity index (χ2v) is 6.45. The Kier molecular flexibility index (Phi) is 4.75. The summed E-state index contributed by atoms with van der Waals surface area (Å²) in [6.45, 7) is -0.0504. The molecule has 7 heteroatoms. The number of benzene rings is 3. The van der Waals surface area contributed by atoms with E-state index < -0.39 is 17.5 Å². The highest BCUT2D eigenvalue weighted by atomic mass is 19.1. The van der Waals surface area contributed by atoms with Crippen LogP contribution in [0.25, 0.3) is 22.2 Å². The minimum atomic E-state index is -0.502. The number of carbonyl (C=O) groups is 1. The zero-order valence-electron chi connectivity index (χ0n) is 15.0. The van der Waals surface area contributed by atoms with E-state index in [0.29, 0.717) is 33.3 Å². The Morgan fingerprint density at radius 1 is 1.10 bits per heavy atom. The van der Waals surface area contributed by atoms with E-state index >= 15 is 0 Å². The molecule has 3 aromatic carbocycles. The Hall–Kier alpha value is -4.05. The van der Waals surface area contributed by atoms with E-state index in [1.807, 2.05) is 6.07 Å². The highest BCUT2D eigenvalue weighted by Gasteiger charge is 2.14. The SMILES string of the molecule is N#Cc1cccc(C(=O)NCc2cc3c(-c4cccc(F)c4)n[nH]c3cc2F)c1. The van der Waals surface area contributed by atoms with Crippen LogP contribution in [-0.4, -0.2) is 16.1 Å². The molecule has 4 aromatic rings. The maximum atomic E-state index is 14.5. The highest BCUT2D eigenvalue weighted by molar-refractivity contribution is 5.95. The van der Waals surface area contributed by atoms with Crippen LogP contribution in [-0.2, 0) is 6.54 Å². The molecule has 5 nitrogen and oxygen atoms in total. The van der Waals surface area contributed by atoms with E-state index in [9.17, 15) is 13.6 Å². The number of hydrogen-bond donors (Lipinski definition) is 2. The second-order valence-electron chi connectivity index (χ2n) is 6.45. The number of halogens is 2. The van der Waals surface area contributed by atoms with Crippen molar-refractivity contribution in [1.82, 2.24) is 15.5 Å². The van der Waals surface area contributed by atoms with E-state index in [0.717, 1.165) is 0 Å². The fourth-order valence-electron chi connectivity index (χ4n) is 3.08. The number of H-pyrrole nitrogens is 1. The molecule has 0 aliphatic heterocycles. The molecule has 0 saturated heterocycles. The van der Waals surface area contributed by atoms with Crippen molar-refractivity contribution >= 4 is 16.8 Å². The standard InChI is InChI=1S/C22H14F2N4O/c23-17-6-2-4-14(8-17)21-18-9-16(19(24)10-20(18)27-28-21)12-26-22(29)15-5-1-3-13(7-15)11-25/h1-10H,12H2,(H,26,29)(H,27,28). The molecule has 4 rings (SSSR count). The molecule has 29 heavy (non-hydrogen) atoms. The van der Waals surface area contributed by atoms with Gasteiger partial charge in [-0.25, -0.2) is 8.78 Å².